The van der Waals surface area contributed by atoms with Crippen molar-refractivity contribution in [2.75, 3.05) is 5.32 Å². The van der Waals surface area contributed by atoms with Crippen LogP contribution in [0.15, 0.2) is 15.6 Å². The van der Waals surface area contributed by atoms with E-state index in [2.05, 4.69) is 5.32 Å². The first-order chi connectivity index (χ1) is 9.40. The zero-order valence-electron chi connectivity index (χ0n) is 10.8. The number of hydrogen-bond donors (Lipinski definition) is 2. The minimum Gasteiger partial charge on any atom is -0.477 e. The van der Waals surface area contributed by atoms with E-state index >= 15 is 0 Å². The number of carboxylic acids is 1. The highest BCUT2D eigenvalue weighted by Crippen LogP contribution is 2.27. The Bertz CT molecular complexity index is 726. The van der Waals surface area contributed by atoms with E-state index in [1.807, 2.05) is 0 Å². The quantitative estimate of drug-likeness (QED) is 0.903. The van der Waals surface area contributed by atoms with E-state index in [-0.39, 0.29) is 16.3 Å². The third-order valence-electron chi connectivity index (χ3n) is 2.71. The van der Waals surface area contributed by atoms with Crippen molar-refractivity contribution in [3.8, 4) is 0 Å². The summed E-state index contributed by atoms with van der Waals surface area (Å²) in [6.45, 7) is 3.34. The first kappa shape index (κ1) is 14.5. The predicted octanol–water partition coefficient (Wildman–Crippen LogP) is 1.93. The zero-order valence-corrected chi connectivity index (χ0v) is 12.4. The first-order valence-corrected chi connectivity index (χ1v) is 7.42. The van der Waals surface area contributed by atoms with Crippen molar-refractivity contribution in [1.82, 2.24) is 4.57 Å². The van der Waals surface area contributed by atoms with Gasteiger partial charge in [0.2, 0.25) is 5.91 Å². The Labute approximate surface area is 122 Å². The molecule has 2 rings (SSSR count). The fourth-order valence-corrected chi connectivity index (χ4v) is 3.25. The van der Waals surface area contributed by atoms with Crippen molar-refractivity contribution in [3.63, 3.8) is 0 Å². The SMILES string of the molecule is Cc1csc(C(=O)O)c1NC(=O)Cn1c(C)csc1=O. The van der Waals surface area contributed by atoms with Crippen molar-refractivity contribution in [2.45, 2.75) is 20.4 Å². The molecular formula is C12H12N2O4S2. The van der Waals surface area contributed by atoms with Crippen LogP contribution in [-0.4, -0.2) is 21.6 Å². The number of carbonyl (C=O) groups excluding carboxylic acids is 1. The number of hydrogen-bond acceptors (Lipinski definition) is 5. The molecule has 0 atom stereocenters. The molecule has 6 nitrogen and oxygen atoms in total. The molecule has 0 aliphatic rings. The van der Waals surface area contributed by atoms with Crippen LogP contribution in [0.5, 0.6) is 0 Å². The summed E-state index contributed by atoms with van der Waals surface area (Å²) in [6, 6.07) is 0. The number of thiophene rings is 1. The van der Waals surface area contributed by atoms with Gasteiger partial charge in [0.25, 0.3) is 0 Å². The maximum Gasteiger partial charge on any atom is 0.348 e. The lowest BCUT2D eigenvalue weighted by atomic mass is 10.2. The smallest absolute Gasteiger partial charge is 0.348 e. The van der Waals surface area contributed by atoms with Gasteiger partial charge in [0.15, 0.2) is 0 Å². The van der Waals surface area contributed by atoms with Crippen molar-refractivity contribution in [2.24, 2.45) is 0 Å². The molecule has 106 valence electrons. The summed E-state index contributed by atoms with van der Waals surface area (Å²) in [5.74, 6) is -1.50. The van der Waals surface area contributed by atoms with Crippen LogP contribution in [0.1, 0.15) is 20.9 Å². The number of carbonyl (C=O) groups is 2. The molecule has 0 saturated carbocycles. The van der Waals surface area contributed by atoms with Gasteiger partial charge in [0.05, 0.1) is 5.69 Å². The van der Waals surface area contributed by atoms with Crippen LogP contribution < -0.4 is 10.2 Å². The average molecular weight is 312 g/mol. The Balaban J connectivity index is 2.19. The molecule has 0 saturated heterocycles. The lowest BCUT2D eigenvalue weighted by molar-refractivity contribution is -0.116. The van der Waals surface area contributed by atoms with Crippen molar-refractivity contribution < 1.29 is 14.7 Å². The Morgan fingerprint density at radius 2 is 2.00 bits per heavy atom. The second-order valence-corrected chi connectivity index (χ2v) is 5.91. The number of carboxylic acid groups (broad SMARTS) is 1. The molecule has 2 aromatic rings. The van der Waals surface area contributed by atoms with Crippen LogP contribution in [-0.2, 0) is 11.3 Å². The molecule has 2 aromatic heterocycles. The molecule has 8 heteroatoms. The second-order valence-electron chi connectivity index (χ2n) is 4.21. The zero-order chi connectivity index (χ0) is 14.9. The number of rotatable bonds is 4. The summed E-state index contributed by atoms with van der Waals surface area (Å²) >= 11 is 2.09. The summed E-state index contributed by atoms with van der Waals surface area (Å²) < 4.78 is 1.35. The largest absolute Gasteiger partial charge is 0.477 e. The molecule has 2 N–H and O–H groups in total. The van der Waals surface area contributed by atoms with Gasteiger partial charge >= 0.3 is 10.8 Å². The maximum absolute atomic E-state index is 12.0. The van der Waals surface area contributed by atoms with Crippen LogP contribution in [0.4, 0.5) is 5.69 Å². The van der Waals surface area contributed by atoms with E-state index in [0.717, 1.165) is 22.7 Å². The number of nitrogens with one attached hydrogen (secondary N) is 1. The van der Waals surface area contributed by atoms with Crippen LogP contribution in [0, 0.1) is 13.8 Å². The average Bonchev–Trinajstić information content (AvgIpc) is 2.88. The lowest BCUT2D eigenvalue weighted by Gasteiger charge is -2.07. The molecule has 1 amide bonds. The molecule has 0 aromatic carbocycles. The Hall–Kier alpha value is -1.93. The topological polar surface area (TPSA) is 88.4 Å². The van der Waals surface area contributed by atoms with Gasteiger partial charge in [-0.2, -0.15) is 0 Å². The van der Waals surface area contributed by atoms with Gasteiger partial charge in [-0.3, -0.25) is 14.2 Å². The molecule has 0 spiro atoms. The van der Waals surface area contributed by atoms with Crippen LogP contribution in [0.2, 0.25) is 0 Å². The predicted molar refractivity (Wildman–Crippen MR) is 78.0 cm³/mol. The molecule has 0 aliphatic carbocycles. The molecule has 0 fully saturated rings. The van der Waals surface area contributed by atoms with Gasteiger partial charge < -0.3 is 10.4 Å². The minimum absolute atomic E-state index is 0.0882. The lowest BCUT2D eigenvalue weighted by Crippen LogP contribution is -2.25. The summed E-state index contributed by atoms with van der Waals surface area (Å²) in [7, 11) is 0. The molecule has 0 unspecified atom stereocenters. The van der Waals surface area contributed by atoms with Gasteiger partial charge in [0.1, 0.15) is 11.4 Å². The van der Waals surface area contributed by atoms with E-state index in [0.29, 0.717) is 16.9 Å². The Morgan fingerprint density at radius 3 is 2.55 bits per heavy atom. The molecule has 0 aliphatic heterocycles. The number of aromatic carboxylic acids is 1. The first-order valence-electron chi connectivity index (χ1n) is 5.66. The summed E-state index contributed by atoms with van der Waals surface area (Å²) in [4.78, 5) is 34.4. The number of nitrogens with zero attached hydrogens (tertiary/aromatic N) is 1. The van der Waals surface area contributed by atoms with Gasteiger partial charge in [-0.25, -0.2) is 4.79 Å². The minimum atomic E-state index is -1.08. The number of amides is 1. The monoisotopic (exact) mass is 312 g/mol. The normalized spacial score (nSPS) is 10.5. The maximum atomic E-state index is 12.0. The second kappa shape index (κ2) is 5.59. The molecule has 0 radical (unpaired) electrons. The van der Waals surface area contributed by atoms with Gasteiger partial charge in [-0.05, 0) is 24.8 Å². The van der Waals surface area contributed by atoms with Crippen LogP contribution in [0.3, 0.4) is 0 Å². The Kier molecular flexibility index (Phi) is 4.05. The third kappa shape index (κ3) is 2.81. The van der Waals surface area contributed by atoms with Gasteiger partial charge in [-0.15, -0.1) is 11.3 Å². The van der Waals surface area contributed by atoms with Crippen molar-refractivity contribution in [1.29, 1.82) is 0 Å². The highest BCUT2D eigenvalue weighted by molar-refractivity contribution is 7.12. The molecule has 20 heavy (non-hydrogen) atoms. The summed E-state index contributed by atoms with van der Waals surface area (Å²) in [6.07, 6.45) is 0. The number of anilines is 1. The van der Waals surface area contributed by atoms with Crippen LogP contribution >= 0.6 is 22.7 Å². The van der Waals surface area contributed by atoms with Gasteiger partial charge in [0, 0.05) is 11.1 Å². The Morgan fingerprint density at radius 1 is 1.30 bits per heavy atom. The molecule has 0 bridgehead atoms. The molecule has 2 heterocycles. The number of thiazole rings is 1. The van der Waals surface area contributed by atoms with E-state index in [1.165, 1.54) is 4.57 Å². The molecular weight excluding hydrogens is 300 g/mol. The van der Waals surface area contributed by atoms with Crippen molar-refractivity contribution in [3.05, 3.63) is 36.6 Å². The highest BCUT2D eigenvalue weighted by atomic mass is 32.1. The summed E-state index contributed by atoms with van der Waals surface area (Å²) in [5, 5.41) is 15.0. The van der Waals surface area contributed by atoms with E-state index < -0.39 is 11.9 Å². The number of aryl methyl sites for hydroxylation is 2. The fourth-order valence-electron chi connectivity index (χ4n) is 1.68. The van der Waals surface area contributed by atoms with E-state index in [4.69, 9.17) is 5.11 Å². The highest BCUT2D eigenvalue weighted by Gasteiger charge is 2.18. The number of aromatic nitrogens is 1. The van der Waals surface area contributed by atoms with E-state index in [1.54, 1.807) is 24.6 Å². The summed E-state index contributed by atoms with van der Waals surface area (Å²) in [5.41, 5.74) is 1.69. The van der Waals surface area contributed by atoms with E-state index in [9.17, 15) is 14.4 Å². The standard InChI is InChI=1S/C12H12N2O4S2/c1-6-4-19-10(11(16)17)9(6)13-8(15)3-14-7(2)5-20-12(14)18/h4-5H,3H2,1-2H3,(H,13,15)(H,16,17). The van der Waals surface area contributed by atoms with Crippen molar-refractivity contribution >= 4 is 40.2 Å². The van der Waals surface area contributed by atoms with Crippen LogP contribution in [0.25, 0.3) is 0 Å². The third-order valence-corrected chi connectivity index (χ3v) is 4.68. The fraction of sp³-hybridized carbons (Fsp3) is 0.250. The van der Waals surface area contributed by atoms with Gasteiger partial charge in [-0.1, -0.05) is 11.3 Å².